The summed E-state index contributed by atoms with van der Waals surface area (Å²) in [5.41, 5.74) is -0.106. The zero-order valence-corrected chi connectivity index (χ0v) is 33.5. The molecule has 7 fully saturated rings. The Kier molecular flexibility index (Phi) is 11.5. The van der Waals surface area contributed by atoms with Gasteiger partial charge in [-0.15, -0.1) is 0 Å². The molecule has 0 amide bonds. The molecule has 23 atom stereocenters. The van der Waals surface area contributed by atoms with Gasteiger partial charge in [-0.1, -0.05) is 13.8 Å². The number of aliphatic hydroxyl groups excluding tert-OH is 7. The van der Waals surface area contributed by atoms with Crippen LogP contribution in [0.5, 0.6) is 0 Å². The monoisotopic (exact) mass is 812 g/mol. The van der Waals surface area contributed by atoms with Crippen molar-refractivity contribution in [3.05, 3.63) is 11.6 Å². The fourth-order valence-corrected chi connectivity index (χ4v) is 12.7. The van der Waals surface area contributed by atoms with Gasteiger partial charge in [0.25, 0.3) is 0 Å². The first-order valence-electron chi connectivity index (χ1n) is 21.2. The van der Waals surface area contributed by atoms with Crippen LogP contribution in [0.3, 0.4) is 0 Å². The van der Waals surface area contributed by atoms with Crippen LogP contribution in [0.2, 0.25) is 0 Å². The van der Waals surface area contributed by atoms with Gasteiger partial charge < -0.3 is 74.0 Å². The fraction of sp³-hybridized carbons (Fsp3) is 0.927. The molecule has 0 aromatic carbocycles. The number of carbonyl (C=O) groups excluding carboxylic acids is 1. The van der Waals surface area contributed by atoms with Crippen LogP contribution in [-0.4, -0.2) is 157 Å². The summed E-state index contributed by atoms with van der Waals surface area (Å²) in [4.78, 5) is 12.0. The Morgan fingerprint density at radius 3 is 1.81 bits per heavy atom. The minimum atomic E-state index is -1.70. The highest BCUT2D eigenvalue weighted by Crippen LogP contribution is 2.70. The summed E-state index contributed by atoms with van der Waals surface area (Å²) in [5.74, 6) is 0.688. The number of cyclic esters (lactones) is 1. The van der Waals surface area contributed by atoms with Crippen molar-refractivity contribution in [1.82, 2.24) is 0 Å². The lowest BCUT2D eigenvalue weighted by Gasteiger charge is -2.64. The summed E-state index contributed by atoms with van der Waals surface area (Å²) in [6.07, 6.45) is -11.3. The quantitative estimate of drug-likeness (QED) is 0.126. The number of fused-ring (bicyclic) bond motifs is 5. The summed E-state index contributed by atoms with van der Waals surface area (Å²) >= 11 is 0. The second-order valence-electron chi connectivity index (χ2n) is 19.1. The van der Waals surface area contributed by atoms with Gasteiger partial charge in [-0.2, -0.15) is 0 Å². The molecule has 16 nitrogen and oxygen atoms in total. The summed E-state index contributed by atoms with van der Waals surface area (Å²) < 4.78 is 41.0. The Morgan fingerprint density at radius 2 is 1.21 bits per heavy atom. The Hall–Kier alpha value is -1.35. The molecule has 4 heterocycles. The minimum absolute atomic E-state index is 0.00618. The molecule has 4 aliphatic carbocycles. The van der Waals surface area contributed by atoms with Gasteiger partial charge in [0, 0.05) is 11.5 Å². The smallest absolute Gasteiger partial charge is 0.331 e. The minimum Gasteiger partial charge on any atom is -0.458 e. The number of rotatable bonds is 7. The Morgan fingerprint density at radius 1 is 0.632 bits per heavy atom. The molecule has 0 radical (unpaired) electrons. The highest BCUT2D eigenvalue weighted by Gasteiger charge is 2.68. The molecule has 0 aromatic heterocycles. The molecule has 0 spiro atoms. The van der Waals surface area contributed by atoms with Crippen molar-refractivity contribution in [1.29, 1.82) is 0 Å². The lowest BCUT2D eigenvalue weighted by atomic mass is 9.43. The van der Waals surface area contributed by atoms with E-state index in [1.54, 1.807) is 13.0 Å². The van der Waals surface area contributed by atoms with Gasteiger partial charge in [0.15, 0.2) is 18.9 Å². The Labute approximate surface area is 333 Å². The van der Waals surface area contributed by atoms with Crippen molar-refractivity contribution >= 4 is 5.97 Å². The van der Waals surface area contributed by atoms with Crippen molar-refractivity contribution in [2.75, 3.05) is 6.61 Å². The van der Waals surface area contributed by atoms with E-state index in [-0.39, 0.29) is 34.7 Å². The third-order valence-electron chi connectivity index (χ3n) is 16.2. The molecule has 0 aromatic rings. The van der Waals surface area contributed by atoms with Crippen LogP contribution in [0.4, 0.5) is 0 Å². The van der Waals surface area contributed by atoms with E-state index in [2.05, 4.69) is 13.8 Å². The second kappa shape index (κ2) is 15.5. The van der Waals surface area contributed by atoms with Gasteiger partial charge >= 0.3 is 5.97 Å². The van der Waals surface area contributed by atoms with E-state index in [9.17, 15) is 45.6 Å². The molecule has 4 saturated carbocycles. The number of esters is 1. The standard InChI is InChI=1S/C41H64O16/c1-17-27(43)30(46)31(47)36(52-17)56-35-29(45)19(3)54-38(33(35)49)57-34-28(44)18(2)53-37(32(34)48)55-22-8-11-39(4)21(15-22)6-7-25-24(39)9-12-40(5)23(10-13-41(25,40)50)20-14-26(42)51-16-20/h14,17-19,21-25,27-38,43-50H,6-13,15-16H2,1-5H3/t17?,18?,19?,21-,22+,23-,24?,25-,27-,28+,29+,30?,31?,32+,33+,34?,35?,36-,37+,38+,39?,40?,41+/m1/s1. The molecular formula is C41H64O16. The third kappa shape index (κ3) is 6.95. The van der Waals surface area contributed by atoms with Crippen molar-refractivity contribution in [3.8, 4) is 0 Å². The van der Waals surface area contributed by atoms with Crippen LogP contribution >= 0.6 is 0 Å². The topological polar surface area (TPSA) is 244 Å². The first-order valence-corrected chi connectivity index (χ1v) is 21.2. The van der Waals surface area contributed by atoms with Gasteiger partial charge in [0.05, 0.1) is 30.0 Å². The maximum atomic E-state index is 12.6. The average molecular weight is 813 g/mol. The first-order chi connectivity index (χ1) is 26.9. The highest BCUT2D eigenvalue weighted by molar-refractivity contribution is 5.85. The van der Waals surface area contributed by atoms with E-state index < -0.39 is 97.7 Å². The van der Waals surface area contributed by atoms with Crippen LogP contribution in [0.15, 0.2) is 11.6 Å². The molecule has 10 unspecified atom stereocenters. The predicted molar refractivity (Wildman–Crippen MR) is 195 cm³/mol. The van der Waals surface area contributed by atoms with E-state index in [1.165, 1.54) is 13.8 Å². The average Bonchev–Trinajstić information content (AvgIpc) is 3.72. The van der Waals surface area contributed by atoms with Crippen molar-refractivity contribution < 1.29 is 78.8 Å². The third-order valence-corrected chi connectivity index (χ3v) is 16.2. The number of aliphatic hydroxyl groups is 8. The number of hydrogen-bond donors (Lipinski definition) is 8. The molecule has 57 heavy (non-hydrogen) atoms. The van der Waals surface area contributed by atoms with Crippen LogP contribution in [0, 0.1) is 34.5 Å². The normalized spacial score (nSPS) is 56.6. The maximum Gasteiger partial charge on any atom is 0.331 e. The molecule has 324 valence electrons. The Bertz CT molecular complexity index is 1510. The van der Waals surface area contributed by atoms with E-state index in [0.29, 0.717) is 24.9 Å². The zero-order chi connectivity index (χ0) is 40.9. The molecule has 0 bridgehead atoms. The fourth-order valence-electron chi connectivity index (χ4n) is 12.7. The van der Waals surface area contributed by atoms with Crippen molar-refractivity contribution in [2.45, 2.75) is 196 Å². The highest BCUT2D eigenvalue weighted by atomic mass is 16.7. The maximum absolute atomic E-state index is 12.6. The van der Waals surface area contributed by atoms with Crippen molar-refractivity contribution in [3.63, 3.8) is 0 Å². The summed E-state index contributed by atoms with van der Waals surface area (Å²) in [6.45, 7) is 9.55. The lowest BCUT2D eigenvalue weighted by Crippen LogP contribution is -2.65. The van der Waals surface area contributed by atoms with Crippen LogP contribution in [0.25, 0.3) is 0 Å². The predicted octanol–water partition coefficient (Wildman–Crippen LogP) is 0.160. The van der Waals surface area contributed by atoms with Crippen LogP contribution in [-0.2, 0) is 38.0 Å². The molecular weight excluding hydrogens is 748 g/mol. The Balaban J connectivity index is 0.909. The molecule has 8 rings (SSSR count). The number of carbonyl (C=O) groups is 1. The molecule has 8 aliphatic rings. The van der Waals surface area contributed by atoms with E-state index >= 15 is 0 Å². The van der Waals surface area contributed by atoms with E-state index in [1.807, 2.05) is 0 Å². The van der Waals surface area contributed by atoms with E-state index in [4.69, 9.17) is 33.2 Å². The lowest BCUT2D eigenvalue weighted by molar-refractivity contribution is -0.377. The van der Waals surface area contributed by atoms with Gasteiger partial charge in [-0.25, -0.2) is 4.79 Å². The summed E-state index contributed by atoms with van der Waals surface area (Å²) in [5, 5.41) is 88.5. The molecule has 4 aliphatic heterocycles. The first kappa shape index (κ1) is 42.3. The molecule has 3 saturated heterocycles. The largest absolute Gasteiger partial charge is 0.458 e. The van der Waals surface area contributed by atoms with Gasteiger partial charge in [0.1, 0.15) is 61.5 Å². The molecule has 8 N–H and O–H groups in total. The zero-order valence-electron chi connectivity index (χ0n) is 33.5. The molecule has 16 heteroatoms. The van der Waals surface area contributed by atoms with Gasteiger partial charge in [-0.05, 0) is 113 Å². The van der Waals surface area contributed by atoms with Gasteiger partial charge in [0.2, 0.25) is 0 Å². The number of hydrogen-bond acceptors (Lipinski definition) is 16. The van der Waals surface area contributed by atoms with E-state index in [0.717, 1.165) is 56.9 Å². The number of ether oxygens (including phenoxy) is 7. The van der Waals surface area contributed by atoms with Crippen molar-refractivity contribution in [2.24, 2.45) is 34.5 Å². The summed E-state index contributed by atoms with van der Waals surface area (Å²) in [6, 6.07) is 0. The van der Waals surface area contributed by atoms with Gasteiger partial charge in [-0.3, -0.25) is 0 Å². The summed E-state index contributed by atoms with van der Waals surface area (Å²) in [7, 11) is 0. The van der Waals surface area contributed by atoms with Crippen LogP contribution < -0.4 is 0 Å². The second-order valence-corrected chi connectivity index (χ2v) is 19.1. The SMILES string of the molecule is CC1O[C@H](OC2[C@@H](O)C(C)O[C@@H](OC3[C@@H](O)C(C)O[C@@H](O[C@H]4CCC5(C)C6CCC7(C)[C@@H](C8=CC(=O)OC8)CC[C@]7(O)[C@@H]6CC[C@@H]5C4)[C@H]3O)[C@H]2O)C(O)C(O)[C@@H]1O. The van der Waals surface area contributed by atoms with Crippen LogP contribution in [0.1, 0.15) is 92.4 Å².